The maximum absolute atomic E-state index is 11.9. The molecule has 0 fully saturated rings. The Balaban J connectivity index is 2.78. The molecule has 0 aromatic carbocycles. The lowest BCUT2D eigenvalue weighted by Crippen LogP contribution is -2.34. The van der Waals surface area contributed by atoms with E-state index in [0.29, 0.717) is 17.7 Å². The third kappa shape index (κ3) is 2.38. The molecule has 4 nitrogen and oxygen atoms in total. The Morgan fingerprint density at radius 3 is 2.87 bits per heavy atom. The van der Waals surface area contributed by atoms with E-state index in [1.54, 1.807) is 24.9 Å². The van der Waals surface area contributed by atoms with E-state index in [1.165, 1.54) is 6.26 Å². The van der Waals surface area contributed by atoms with Crippen LogP contribution in [0.2, 0.25) is 0 Å². The fourth-order valence-corrected chi connectivity index (χ4v) is 1.27. The zero-order valence-corrected chi connectivity index (χ0v) is 9.15. The first kappa shape index (κ1) is 11.3. The van der Waals surface area contributed by atoms with Crippen molar-refractivity contribution >= 4 is 5.91 Å². The summed E-state index contributed by atoms with van der Waals surface area (Å²) in [6.45, 7) is 3.59. The average molecular weight is 206 g/mol. The molecule has 15 heavy (non-hydrogen) atoms. The Morgan fingerprint density at radius 1 is 1.73 bits per heavy atom. The quantitative estimate of drug-likeness (QED) is 0.759. The number of hydrogen-bond acceptors (Lipinski definition) is 3. The second-order valence-electron chi connectivity index (χ2n) is 3.52. The molecule has 1 rings (SSSR count). The number of carbonyl (C=O) groups is 1. The van der Waals surface area contributed by atoms with Crippen LogP contribution in [0.4, 0.5) is 0 Å². The van der Waals surface area contributed by atoms with Crippen LogP contribution in [0.1, 0.15) is 29.5 Å². The lowest BCUT2D eigenvalue weighted by Gasteiger charge is -2.22. The molecule has 0 N–H and O–H groups in total. The summed E-state index contributed by atoms with van der Waals surface area (Å²) in [4.78, 5) is 13.5. The Kier molecular flexibility index (Phi) is 3.51. The Bertz CT molecular complexity index is 390. The predicted octanol–water partition coefficient (Wildman–Crippen LogP) is 1.96. The van der Waals surface area contributed by atoms with Crippen molar-refractivity contribution < 1.29 is 9.21 Å². The number of nitrogens with zero attached hydrogens (tertiary/aromatic N) is 2. The molecule has 0 saturated heterocycles. The number of nitriles is 1. The summed E-state index contributed by atoms with van der Waals surface area (Å²) in [5.41, 5.74) is 0.558. The van der Waals surface area contributed by atoms with Gasteiger partial charge < -0.3 is 9.32 Å². The highest BCUT2D eigenvalue weighted by molar-refractivity contribution is 5.95. The van der Waals surface area contributed by atoms with Crippen LogP contribution < -0.4 is 0 Å². The summed E-state index contributed by atoms with van der Waals surface area (Å²) in [5.74, 6) is 0.500. The van der Waals surface area contributed by atoms with Crippen molar-refractivity contribution in [3.8, 4) is 6.07 Å². The van der Waals surface area contributed by atoms with Gasteiger partial charge in [0.05, 0.1) is 24.3 Å². The molecule has 0 bridgehead atoms. The number of aryl methyl sites for hydroxylation is 1. The minimum absolute atomic E-state index is 0.0863. The van der Waals surface area contributed by atoms with Gasteiger partial charge in [0.15, 0.2) is 0 Å². The molecular weight excluding hydrogens is 192 g/mol. The van der Waals surface area contributed by atoms with Gasteiger partial charge in [-0.2, -0.15) is 5.26 Å². The molecule has 4 heteroatoms. The molecule has 0 aliphatic rings. The van der Waals surface area contributed by atoms with Gasteiger partial charge in [0, 0.05) is 13.1 Å². The van der Waals surface area contributed by atoms with Crippen molar-refractivity contribution in [1.29, 1.82) is 5.26 Å². The largest absolute Gasteiger partial charge is 0.469 e. The smallest absolute Gasteiger partial charge is 0.257 e. The highest BCUT2D eigenvalue weighted by atomic mass is 16.3. The first-order valence-electron chi connectivity index (χ1n) is 4.76. The number of hydrogen-bond donors (Lipinski definition) is 0. The molecule has 0 aliphatic carbocycles. The van der Waals surface area contributed by atoms with Crippen LogP contribution in [0.25, 0.3) is 0 Å². The minimum atomic E-state index is -0.107. The number of carbonyl (C=O) groups excluding carboxylic acids is 1. The van der Waals surface area contributed by atoms with E-state index in [-0.39, 0.29) is 11.9 Å². The first-order valence-corrected chi connectivity index (χ1v) is 4.76. The molecule has 80 valence electrons. The molecule has 1 amide bonds. The van der Waals surface area contributed by atoms with E-state index in [1.807, 2.05) is 13.0 Å². The molecule has 1 heterocycles. The molecule has 1 aromatic heterocycles. The first-order chi connectivity index (χ1) is 7.07. The van der Waals surface area contributed by atoms with E-state index >= 15 is 0 Å². The van der Waals surface area contributed by atoms with Crippen LogP contribution in [0, 0.1) is 18.3 Å². The molecule has 1 unspecified atom stereocenters. The van der Waals surface area contributed by atoms with E-state index in [4.69, 9.17) is 9.68 Å². The van der Waals surface area contributed by atoms with Crippen molar-refractivity contribution in [2.75, 3.05) is 7.05 Å². The monoisotopic (exact) mass is 206 g/mol. The molecule has 0 spiro atoms. The normalized spacial score (nSPS) is 11.9. The lowest BCUT2D eigenvalue weighted by molar-refractivity contribution is 0.0744. The standard InChI is InChI=1S/C11H14N2O2/c1-8(4-6-12)13(3)11(14)10-5-7-15-9(10)2/h5,7-8H,4H2,1-3H3. The van der Waals surface area contributed by atoms with Crippen LogP contribution in [0.3, 0.4) is 0 Å². The summed E-state index contributed by atoms with van der Waals surface area (Å²) < 4.78 is 5.06. The van der Waals surface area contributed by atoms with Gasteiger partial charge in [-0.15, -0.1) is 0 Å². The van der Waals surface area contributed by atoms with Crippen molar-refractivity contribution in [1.82, 2.24) is 4.90 Å². The van der Waals surface area contributed by atoms with Crippen molar-refractivity contribution in [3.63, 3.8) is 0 Å². The summed E-state index contributed by atoms with van der Waals surface area (Å²) in [7, 11) is 1.69. The maximum atomic E-state index is 11.9. The van der Waals surface area contributed by atoms with Crippen molar-refractivity contribution in [2.24, 2.45) is 0 Å². The fourth-order valence-electron chi connectivity index (χ4n) is 1.27. The topological polar surface area (TPSA) is 57.2 Å². The minimum Gasteiger partial charge on any atom is -0.469 e. The summed E-state index contributed by atoms with van der Waals surface area (Å²) in [5, 5.41) is 8.55. The number of rotatable bonds is 3. The van der Waals surface area contributed by atoms with Crippen LogP contribution in [-0.2, 0) is 0 Å². The predicted molar refractivity (Wildman–Crippen MR) is 55.2 cm³/mol. The summed E-state index contributed by atoms with van der Waals surface area (Å²) >= 11 is 0. The highest BCUT2D eigenvalue weighted by Gasteiger charge is 2.19. The lowest BCUT2D eigenvalue weighted by atomic mass is 10.2. The van der Waals surface area contributed by atoms with Crippen LogP contribution in [-0.4, -0.2) is 23.9 Å². The Hall–Kier alpha value is -1.76. The molecule has 0 saturated carbocycles. The Morgan fingerprint density at radius 2 is 2.40 bits per heavy atom. The van der Waals surface area contributed by atoms with E-state index in [0.717, 1.165) is 0 Å². The fraction of sp³-hybridized carbons (Fsp3) is 0.455. The van der Waals surface area contributed by atoms with E-state index < -0.39 is 0 Å². The number of furan rings is 1. The van der Waals surface area contributed by atoms with Gasteiger partial charge >= 0.3 is 0 Å². The molecule has 0 radical (unpaired) electrons. The van der Waals surface area contributed by atoms with Crippen molar-refractivity contribution in [2.45, 2.75) is 26.3 Å². The van der Waals surface area contributed by atoms with Crippen molar-refractivity contribution in [3.05, 3.63) is 23.7 Å². The molecule has 1 aromatic rings. The average Bonchev–Trinajstić information content (AvgIpc) is 2.62. The van der Waals surface area contributed by atoms with Gasteiger partial charge in [-0.3, -0.25) is 4.79 Å². The van der Waals surface area contributed by atoms with Gasteiger partial charge in [0.25, 0.3) is 5.91 Å². The zero-order valence-electron chi connectivity index (χ0n) is 9.15. The highest BCUT2D eigenvalue weighted by Crippen LogP contribution is 2.13. The molecular formula is C11H14N2O2. The second-order valence-corrected chi connectivity index (χ2v) is 3.52. The molecule has 1 atom stereocenters. The zero-order chi connectivity index (χ0) is 11.4. The van der Waals surface area contributed by atoms with Gasteiger partial charge in [0.1, 0.15) is 5.76 Å². The van der Waals surface area contributed by atoms with E-state index in [9.17, 15) is 4.79 Å². The SMILES string of the molecule is Cc1occc1C(=O)N(C)C(C)CC#N. The van der Waals surface area contributed by atoms with Gasteiger partial charge in [-0.1, -0.05) is 0 Å². The summed E-state index contributed by atoms with van der Waals surface area (Å²) in [6, 6.07) is 3.61. The van der Waals surface area contributed by atoms with E-state index in [2.05, 4.69) is 0 Å². The summed E-state index contributed by atoms with van der Waals surface area (Å²) in [6.07, 6.45) is 1.82. The third-order valence-corrected chi connectivity index (χ3v) is 2.46. The van der Waals surface area contributed by atoms with Gasteiger partial charge in [-0.05, 0) is 19.9 Å². The van der Waals surface area contributed by atoms with Crippen LogP contribution >= 0.6 is 0 Å². The maximum Gasteiger partial charge on any atom is 0.257 e. The van der Waals surface area contributed by atoms with Gasteiger partial charge in [0.2, 0.25) is 0 Å². The van der Waals surface area contributed by atoms with Crippen LogP contribution in [0.15, 0.2) is 16.7 Å². The third-order valence-electron chi connectivity index (χ3n) is 2.46. The number of amides is 1. The Labute approximate surface area is 89.1 Å². The molecule has 0 aliphatic heterocycles. The van der Waals surface area contributed by atoms with Crippen LogP contribution in [0.5, 0.6) is 0 Å². The van der Waals surface area contributed by atoms with Gasteiger partial charge in [-0.25, -0.2) is 0 Å². The second kappa shape index (κ2) is 4.65.